The maximum atomic E-state index is 10.9. The van der Waals surface area contributed by atoms with Gasteiger partial charge in [0.25, 0.3) is 0 Å². The molecule has 0 aromatic rings. The average Bonchev–Trinajstić information content (AvgIpc) is 2.42. The Bertz CT molecular complexity index is 242. The summed E-state index contributed by atoms with van der Waals surface area (Å²) in [6, 6.07) is 0.419. The lowest BCUT2D eigenvalue weighted by Gasteiger charge is -2.37. The van der Waals surface area contributed by atoms with Crippen LogP contribution in [-0.2, 0) is 0 Å². The highest BCUT2D eigenvalue weighted by molar-refractivity contribution is 5.67. The molecule has 0 aromatic heterocycles. The summed E-state index contributed by atoms with van der Waals surface area (Å²) in [4.78, 5) is 12.5. The van der Waals surface area contributed by atoms with Gasteiger partial charge < -0.3 is 10.4 Å². The van der Waals surface area contributed by atoms with Crippen LogP contribution in [0, 0.1) is 0 Å². The van der Waals surface area contributed by atoms with Crippen LogP contribution in [0.5, 0.6) is 0 Å². The molecular formula is C9H14N2O2. The van der Waals surface area contributed by atoms with Crippen LogP contribution in [-0.4, -0.2) is 40.8 Å². The fourth-order valence-corrected chi connectivity index (χ4v) is 2.41. The standard InChI is InChI=1S/C9H14N2O2/c1-2-7-8-4-3-6(5-10-7)11(8)9(12)13/h2,6-8,10H,1,3-5H2,(H,12,13)/t6-,7+,8+/m1/s1. The quantitative estimate of drug-likeness (QED) is 0.585. The predicted octanol–water partition coefficient (Wildman–Crippen LogP) is 0.655. The zero-order valence-corrected chi connectivity index (χ0v) is 7.44. The minimum Gasteiger partial charge on any atom is -0.465 e. The fraction of sp³-hybridized carbons (Fsp3) is 0.667. The van der Waals surface area contributed by atoms with Crippen LogP contribution in [0.2, 0.25) is 0 Å². The number of fused-ring (bicyclic) bond motifs is 2. The van der Waals surface area contributed by atoms with Gasteiger partial charge in [-0.3, -0.25) is 4.90 Å². The van der Waals surface area contributed by atoms with Crippen molar-refractivity contribution in [2.45, 2.75) is 31.0 Å². The largest absolute Gasteiger partial charge is 0.465 e. The summed E-state index contributed by atoms with van der Waals surface area (Å²) in [5.41, 5.74) is 0. The molecular weight excluding hydrogens is 168 g/mol. The Morgan fingerprint density at radius 2 is 2.38 bits per heavy atom. The first-order valence-electron chi connectivity index (χ1n) is 4.61. The molecule has 2 saturated heterocycles. The molecule has 4 heteroatoms. The lowest BCUT2D eigenvalue weighted by Crippen LogP contribution is -2.58. The average molecular weight is 182 g/mol. The van der Waals surface area contributed by atoms with E-state index in [1.54, 1.807) is 4.90 Å². The van der Waals surface area contributed by atoms with Gasteiger partial charge in [0.2, 0.25) is 0 Å². The van der Waals surface area contributed by atoms with Gasteiger partial charge in [-0.05, 0) is 12.8 Å². The van der Waals surface area contributed by atoms with Gasteiger partial charge >= 0.3 is 6.09 Å². The van der Waals surface area contributed by atoms with E-state index in [0.29, 0.717) is 0 Å². The number of carboxylic acid groups (broad SMARTS) is 1. The Balaban J connectivity index is 2.20. The molecule has 4 nitrogen and oxygen atoms in total. The summed E-state index contributed by atoms with van der Waals surface area (Å²) in [6.07, 6.45) is 2.96. The second-order valence-electron chi connectivity index (χ2n) is 3.66. The molecule has 0 unspecified atom stereocenters. The maximum absolute atomic E-state index is 10.9. The maximum Gasteiger partial charge on any atom is 0.407 e. The number of hydrogen-bond donors (Lipinski definition) is 2. The Labute approximate surface area is 77.2 Å². The number of amides is 1. The van der Waals surface area contributed by atoms with Gasteiger partial charge in [-0.1, -0.05) is 6.08 Å². The predicted molar refractivity (Wildman–Crippen MR) is 48.7 cm³/mol. The Morgan fingerprint density at radius 3 is 3.00 bits per heavy atom. The molecule has 2 rings (SSSR count). The molecule has 0 spiro atoms. The van der Waals surface area contributed by atoms with Crippen LogP contribution < -0.4 is 5.32 Å². The Hall–Kier alpha value is -1.03. The summed E-state index contributed by atoms with van der Waals surface area (Å²) in [7, 11) is 0. The third-order valence-corrected chi connectivity index (χ3v) is 3.02. The fourth-order valence-electron chi connectivity index (χ4n) is 2.41. The molecule has 2 N–H and O–H groups in total. The molecule has 0 aromatic carbocycles. The summed E-state index contributed by atoms with van der Waals surface area (Å²) >= 11 is 0. The SMILES string of the molecule is C=C[C@@H]1NC[C@H]2CC[C@@H]1N2C(=O)O. The zero-order chi connectivity index (χ0) is 9.42. The van der Waals surface area contributed by atoms with Crippen molar-refractivity contribution in [3.05, 3.63) is 12.7 Å². The Kier molecular flexibility index (Phi) is 2.00. The number of nitrogens with one attached hydrogen (secondary N) is 1. The van der Waals surface area contributed by atoms with Gasteiger partial charge in [-0.2, -0.15) is 0 Å². The first-order chi connectivity index (χ1) is 6.24. The summed E-state index contributed by atoms with van der Waals surface area (Å²) < 4.78 is 0. The van der Waals surface area contributed by atoms with E-state index in [9.17, 15) is 4.79 Å². The first kappa shape index (κ1) is 8.56. The molecule has 0 saturated carbocycles. The van der Waals surface area contributed by atoms with Crippen LogP contribution >= 0.6 is 0 Å². The summed E-state index contributed by atoms with van der Waals surface area (Å²) in [5.74, 6) is 0. The van der Waals surface area contributed by atoms with Gasteiger partial charge in [-0.25, -0.2) is 4.79 Å². The van der Waals surface area contributed by atoms with Crippen molar-refractivity contribution in [3.63, 3.8) is 0 Å². The van der Waals surface area contributed by atoms with Crippen LogP contribution in [0.4, 0.5) is 4.79 Å². The van der Waals surface area contributed by atoms with E-state index in [4.69, 9.17) is 5.11 Å². The van der Waals surface area contributed by atoms with Gasteiger partial charge in [0.1, 0.15) is 0 Å². The highest BCUT2D eigenvalue weighted by Gasteiger charge is 2.43. The second kappa shape index (κ2) is 3.03. The van der Waals surface area contributed by atoms with Gasteiger partial charge in [0.15, 0.2) is 0 Å². The van der Waals surface area contributed by atoms with E-state index < -0.39 is 6.09 Å². The molecule has 2 aliphatic rings. The van der Waals surface area contributed by atoms with E-state index in [0.717, 1.165) is 19.4 Å². The number of nitrogens with zero attached hydrogens (tertiary/aromatic N) is 1. The monoisotopic (exact) mass is 182 g/mol. The first-order valence-corrected chi connectivity index (χ1v) is 4.61. The van der Waals surface area contributed by atoms with Gasteiger partial charge in [-0.15, -0.1) is 6.58 Å². The molecule has 13 heavy (non-hydrogen) atoms. The van der Waals surface area contributed by atoms with Crippen molar-refractivity contribution in [1.82, 2.24) is 10.2 Å². The molecule has 0 aliphatic carbocycles. The van der Waals surface area contributed by atoms with Crippen molar-refractivity contribution in [2.24, 2.45) is 0 Å². The van der Waals surface area contributed by atoms with Crippen LogP contribution in [0.25, 0.3) is 0 Å². The summed E-state index contributed by atoms with van der Waals surface area (Å²) in [5, 5.41) is 12.3. The summed E-state index contributed by atoms with van der Waals surface area (Å²) in [6.45, 7) is 4.48. The lowest BCUT2D eigenvalue weighted by atomic mass is 10.1. The van der Waals surface area contributed by atoms with Crippen molar-refractivity contribution in [3.8, 4) is 0 Å². The molecule has 2 aliphatic heterocycles. The van der Waals surface area contributed by atoms with E-state index in [1.807, 2.05) is 6.08 Å². The third kappa shape index (κ3) is 1.21. The lowest BCUT2D eigenvalue weighted by molar-refractivity contribution is 0.0990. The molecule has 2 bridgehead atoms. The van der Waals surface area contributed by atoms with Crippen molar-refractivity contribution in [2.75, 3.05) is 6.54 Å². The van der Waals surface area contributed by atoms with E-state index >= 15 is 0 Å². The molecule has 3 atom stereocenters. The normalized spacial score (nSPS) is 37.5. The number of piperazine rings is 1. The smallest absolute Gasteiger partial charge is 0.407 e. The number of hydrogen-bond acceptors (Lipinski definition) is 2. The minimum atomic E-state index is -0.791. The Morgan fingerprint density at radius 1 is 1.62 bits per heavy atom. The molecule has 0 radical (unpaired) electrons. The third-order valence-electron chi connectivity index (χ3n) is 3.02. The number of rotatable bonds is 1. The minimum absolute atomic E-state index is 0.105. The van der Waals surface area contributed by atoms with E-state index in [-0.39, 0.29) is 18.1 Å². The van der Waals surface area contributed by atoms with Crippen LogP contribution in [0.3, 0.4) is 0 Å². The second-order valence-corrected chi connectivity index (χ2v) is 3.66. The van der Waals surface area contributed by atoms with E-state index in [1.165, 1.54) is 0 Å². The molecule has 2 heterocycles. The van der Waals surface area contributed by atoms with Crippen LogP contribution in [0.15, 0.2) is 12.7 Å². The van der Waals surface area contributed by atoms with Crippen molar-refractivity contribution >= 4 is 6.09 Å². The molecule has 72 valence electrons. The zero-order valence-electron chi connectivity index (χ0n) is 7.44. The van der Waals surface area contributed by atoms with Crippen molar-refractivity contribution < 1.29 is 9.90 Å². The highest BCUT2D eigenvalue weighted by atomic mass is 16.4. The topological polar surface area (TPSA) is 52.6 Å². The van der Waals surface area contributed by atoms with Crippen LogP contribution in [0.1, 0.15) is 12.8 Å². The van der Waals surface area contributed by atoms with Gasteiger partial charge in [0.05, 0.1) is 6.04 Å². The van der Waals surface area contributed by atoms with Crippen molar-refractivity contribution in [1.29, 1.82) is 0 Å². The van der Waals surface area contributed by atoms with E-state index in [2.05, 4.69) is 11.9 Å². The number of carbonyl (C=O) groups is 1. The highest BCUT2D eigenvalue weighted by Crippen LogP contribution is 2.29. The van der Waals surface area contributed by atoms with Gasteiger partial charge in [0, 0.05) is 18.6 Å². The molecule has 2 fully saturated rings. The molecule has 1 amide bonds.